The van der Waals surface area contributed by atoms with Crippen LogP contribution in [0.25, 0.3) is 5.69 Å². The second-order valence-electron chi connectivity index (χ2n) is 6.26. The van der Waals surface area contributed by atoms with E-state index in [0.29, 0.717) is 6.54 Å². The van der Waals surface area contributed by atoms with Gasteiger partial charge in [-0.25, -0.2) is 9.07 Å². The molecule has 0 atom stereocenters. The molecule has 7 heteroatoms. The number of guanidine groups is 1. The number of benzene rings is 1. The van der Waals surface area contributed by atoms with Crippen LogP contribution in [0.4, 0.5) is 4.39 Å². The number of aromatic nitrogens is 2. The van der Waals surface area contributed by atoms with Crippen LogP contribution in [0.3, 0.4) is 0 Å². The zero-order valence-corrected chi connectivity index (χ0v) is 17.0. The van der Waals surface area contributed by atoms with Crippen molar-refractivity contribution in [3.63, 3.8) is 0 Å². The molecular formula is C18H25FIN5. The van der Waals surface area contributed by atoms with Gasteiger partial charge >= 0.3 is 0 Å². The molecule has 1 heterocycles. The van der Waals surface area contributed by atoms with Crippen molar-refractivity contribution >= 4 is 29.9 Å². The summed E-state index contributed by atoms with van der Waals surface area (Å²) in [6, 6.07) is 6.32. The summed E-state index contributed by atoms with van der Waals surface area (Å²) < 4.78 is 14.8. The molecule has 1 fully saturated rings. The van der Waals surface area contributed by atoms with Gasteiger partial charge in [0.05, 0.1) is 11.4 Å². The fraction of sp³-hybridized carbons (Fsp3) is 0.444. The maximum absolute atomic E-state index is 13.0. The third-order valence-electron chi connectivity index (χ3n) is 4.54. The van der Waals surface area contributed by atoms with Crippen molar-refractivity contribution in [2.24, 2.45) is 10.9 Å². The smallest absolute Gasteiger partial charge is 0.191 e. The zero-order chi connectivity index (χ0) is 16.9. The average molecular weight is 457 g/mol. The lowest BCUT2D eigenvalue weighted by Crippen LogP contribution is -2.40. The Morgan fingerprint density at radius 3 is 2.60 bits per heavy atom. The van der Waals surface area contributed by atoms with E-state index >= 15 is 0 Å². The molecule has 0 amide bonds. The topological polar surface area (TPSA) is 54.2 Å². The van der Waals surface area contributed by atoms with Crippen molar-refractivity contribution < 1.29 is 4.39 Å². The van der Waals surface area contributed by atoms with Gasteiger partial charge in [0.15, 0.2) is 5.96 Å². The van der Waals surface area contributed by atoms with Crippen molar-refractivity contribution in [2.75, 3.05) is 13.6 Å². The van der Waals surface area contributed by atoms with E-state index in [4.69, 9.17) is 0 Å². The lowest BCUT2D eigenvalue weighted by atomic mass is 9.85. The summed E-state index contributed by atoms with van der Waals surface area (Å²) in [7, 11) is 1.78. The highest BCUT2D eigenvalue weighted by Gasteiger charge is 2.17. The number of rotatable bonds is 5. The lowest BCUT2D eigenvalue weighted by Gasteiger charge is -2.26. The third-order valence-corrected chi connectivity index (χ3v) is 4.54. The maximum atomic E-state index is 13.0. The number of nitrogens with zero attached hydrogens (tertiary/aromatic N) is 3. The van der Waals surface area contributed by atoms with Crippen LogP contribution in [-0.4, -0.2) is 29.3 Å². The molecule has 1 aliphatic rings. The van der Waals surface area contributed by atoms with Crippen molar-refractivity contribution in [3.8, 4) is 5.69 Å². The van der Waals surface area contributed by atoms with E-state index in [2.05, 4.69) is 20.7 Å². The Balaban J connectivity index is 0.00000225. The Bertz CT molecular complexity index is 707. The van der Waals surface area contributed by atoms with Crippen LogP contribution in [0.15, 0.2) is 35.5 Å². The molecule has 1 saturated carbocycles. The molecule has 1 aromatic carbocycles. The van der Waals surface area contributed by atoms with Crippen LogP contribution >= 0.6 is 24.0 Å². The summed E-state index contributed by atoms with van der Waals surface area (Å²) in [4.78, 5) is 4.26. The predicted octanol–water partition coefficient (Wildman–Crippen LogP) is 3.40. The van der Waals surface area contributed by atoms with Crippen LogP contribution in [0.2, 0.25) is 0 Å². The summed E-state index contributed by atoms with van der Waals surface area (Å²) in [5.74, 6) is 1.35. The first-order valence-electron chi connectivity index (χ1n) is 8.41. The minimum atomic E-state index is -0.245. The van der Waals surface area contributed by atoms with Crippen molar-refractivity contribution in [1.29, 1.82) is 0 Å². The number of hydrogen-bond acceptors (Lipinski definition) is 2. The average Bonchev–Trinajstić information content (AvgIpc) is 2.90. The highest BCUT2D eigenvalue weighted by atomic mass is 127. The second kappa shape index (κ2) is 9.17. The Morgan fingerprint density at radius 2 is 2.00 bits per heavy atom. The highest BCUT2D eigenvalue weighted by Crippen LogP contribution is 2.25. The van der Waals surface area contributed by atoms with E-state index in [-0.39, 0.29) is 29.8 Å². The zero-order valence-electron chi connectivity index (χ0n) is 14.6. The van der Waals surface area contributed by atoms with Crippen LogP contribution in [0.1, 0.15) is 30.5 Å². The Labute approximate surface area is 165 Å². The van der Waals surface area contributed by atoms with E-state index in [1.54, 1.807) is 23.9 Å². The summed E-state index contributed by atoms with van der Waals surface area (Å²) >= 11 is 0. The summed E-state index contributed by atoms with van der Waals surface area (Å²) in [5.41, 5.74) is 2.88. The Morgan fingerprint density at radius 1 is 1.28 bits per heavy atom. The fourth-order valence-corrected chi connectivity index (χ4v) is 2.73. The molecule has 1 aliphatic carbocycles. The first-order chi connectivity index (χ1) is 11.7. The van der Waals surface area contributed by atoms with Gasteiger partial charge in [-0.3, -0.25) is 4.99 Å². The number of halogens is 2. The summed E-state index contributed by atoms with van der Waals surface area (Å²) in [6.07, 6.45) is 5.94. The van der Waals surface area contributed by atoms with Gasteiger partial charge < -0.3 is 10.6 Å². The molecule has 0 radical (unpaired) electrons. The van der Waals surface area contributed by atoms with Crippen LogP contribution in [0.5, 0.6) is 0 Å². The first kappa shape index (κ1) is 19.7. The molecule has 0 spiro atoms. The van der Waals surface area contributed by atoms with E-state index in [9.17, 15) is 4.39 Å². The lowest BCUT2D eigenvalue weighted by molar-refractivity contribution is 0.314. The second-order valence-corrected chi connectivity index (χ2v) is 6.26. The molecule has 2 aromatic rings. The maximum Gasteiger partial charge on any atom is 0.191 e. The van der Waals surface area contributed by atoms with E-state index < -0.39 is 0 Å². The quantitative estimate of drug-likeness (QED) is 0.411. The molecule has 1 aromatic heterocycles. The molecule has 0 unspecified atom stereocenters. The molecule has 5 nitrogen and oxygen atoms in total. The molecule has 2 N–H and O–H groups in total. The fourth-order valence-electron chi connectivity index (χ4n) is 2.73. The predicted molar refractivity (Wildman–Crippen MR) is 109 cm³/mol. The number of aryl methyl sites for hydroxylation is 1. The Kier molecular flexibility index (Phi) is 7.22. The molecule has 136 valence electrons. The molecule has 25 heavy (non-hydrogen) atoms. The van der Waals surface area contributed by atoms with Gasteiger partial charge in [0.1, 0.15) is 5.82 Å². The number of hydrogen-bond donors (Lipinski definition) is 2. The van der Waals surface area contributed by atoms with Gasteiger partial charge in [0, 0.05) is 31.9 Å². The van der Waals surface area contributed by atoms with Gasteiger partial charge in [0.25, 0.3) is 0 Å². The minimum absolute atomic E-state index is 0. The molecular weight excluding hydrogens is 432 g/mol. The molecule has 3 rings (SSSR count). The van der Waals surface area contributed by atoms with Gasteiger partial charge in [-0.15, -0.1) is 24.0 Å². The number of aliphatic imine (C=N–C) groups is 1. The minimum Gasteiger partial charge on any atom is -0.356 e. The van der Waals surface area contributed by atoms with Gasteiger partial charge in [-0.05, 0) is 49.9 Å². The highest BCUT2D eigenvalue weighted by molar-refractivity contribution is 14.0. The Hall–Kier alpha value is -1.64. The largest absolute Gasteiger partial charge is 0.356 e. The van der Waals surface area contributed by atoms with E-state index in [1.807, 2.05) is 13.1 Å². The summed E-state index contributed by atoms with van der Waals surface area (Å²) in [6.45, 7) is 3.60. The van der Waals surface area contributed by atoms with Crippen LogP contribution in [0, 0.1) is 18.7 Å². The van der Waals surface area contributed by atoms with Crippen molar-refractivity contribution in [3.05, 3.63) is 47.5 Å². The molecule has 0 bridgehead atoms. The monoisotopic (exact) mass is 457 g/mol. The summed E-state index contributed by atoms with van der Waals surface area (Å²) in [5, 5.41) is 11.2. The van der Waals surface area contributed by atoms with E-state index in [0.717, 1.165) is 35.4 Å². The third kappa shape index (κ3) is 5.17. The molecule has 0 saturated heterocycles. The SMILES string of the molecule is CN=C(NCc1cn(-c2ccc(F)cc2)nc1C)NCC1CCC1.I. The normalized spacial score (nSPS) is 14.6. The van der Waals surface area contributed by atoms with E-state index in [1.165, 1.54) is 31.4 Å². The van der Waals surface area contributed by atoms with Gasteiger partial charge in [-0.2, -0.15) is 5.10 Å². The number of nitrogens with one attached hydrogen (secondary N) is 2. The molecule has 0 aliphatic heterocycles. The van der Waals surface area contributed by atoms with Gasteiger partial charge in [0.2, 0.25) is 0 Å². The van der Waals surface area contributed by atoms with Crippen LogP contribution in [-0.2, 0) is 6.54 Å². The van der Waals surface area contributed by atoms with Crippen molar-refractivity contribution in [1.82, 2.24) is 20.4 Å². The van der Waals surface area contributed by atoms with Gasteiger partial charge in [-0.1, -0.05) is 6.42 Å². The standard InChI is InChI=1S/C18H24FN5.HI/c1-13-15(11-22-18(20-2)21-10-14-4-3-5-14)12-24(23-13)17-8-6-16(19)7-9-17;/h6-9,12,14H,3-5,10-11H2,1-2H3,(H2,20,21,22);1H. The van der Waals surface area contributed by atoms with Crippen LogP contribution < -0.4 is 10.6 Å². The van der Waals surface area contributed by atoms with Crippen molar-refractivity contribution in [2.45, 2.75) is 32.7 Å². The first-order valence-corrected chi connectivity index (χ1v) is 8.41.